The summed E-state index contributed by atoms with van der Waals surface area (Å²) in [5.74, 6) is 0. The molecule has 1 aliphatic heterocycles. The van der Waals surface area contributed by atoms with Gasteiger partial charge in [-0.05, 0) is 51.9 Å². The fourth-order valence-electron chi connectivity index (χ4n) is 4.30. The molecule has 0 aliphatic carbocycles. The van der Waals surface area contributed by atoms with Crippen molar-refractivity contribution in [3.63, 3.8) is 0 Å². The highest BCUT2D eigenvalue weighted by molar-refractivity contribution is 5.66. The molecule has 2 heterocycles. The van der Waals surface area contributed by atoms with Gasteiger partial charge in [-0.25, -0.2) is 4.68 Å². The summed E-state index contributed by atoms with van der Waals surface area (Å²) in [6, 6.07) is 20.2. The van der Waals surface area contributed by atoms with Gasteiger partial charge in [0.15, 0.2) is 0 Å². The van der Waals surface area contributed by atoms with E-state index in [0.717, 1.165) is 24.5 Å². The largest absolute Gasteiger partial charge is 0.299 e. The van der Waals surface area contributed by atoms with E-state index in [1.807, 2.05) is 10.7 Å². The van der Waals surface area contributed by atoms with Crippen molar-refractivity contribution in [3.05, 3.63) is 71.9 Å². The Morgan fingerprint density at radius 1 is 1.07 bits per heavy atom. The molecule has 0 amide bonds. The third-order valence-corrected chi connectivity index (χ3v) is 6.18. The Labute approximate surface area is 174 Å². The lowest BCUT2D eigenvalue weighted by Crippen LogP contribution is -2.36. The van der Waals surface area contributed by atoms with Crippen molar-refractivity contribution in [2.45, 2.75) is 45.8 Å². The fraction of sp³-hybridized carbons (Fsp3) is 0.400. The maximum Gasteiger partial charge on any atom is 0.0975 e. The molecule has 4 heteroatoms. The summed E-state index contributed by atoms with van der Waals surface area (Å²) in [5.41, 5.74) is 5.97. The predicted molar refractivity (Wildman–Crippen MR) is 120 cm³/mol. The zero-order valence-corrected chi connectivity index (χ0v) is 18.0. The molecule has 1 unspecified atom stereocenters. The number of benzene rings is 2. The van der Waals surface area contributed by atoms with E-state index in [4.69, 9.17) is 5.10 Å². The number of rotatable bonds is 6. The van der Waals surface area contributed by atoms with E-state index < -0.39 is 0 Å². The average molecular weight is 389 g/mol. The van der Waals surface area contributed by atoms with E-state index >= 15 is 0 Å². The van der Waals surface area contributed by atoms with Crippen LogP contribution >= 0.6 is 0 Å². The molecule has 0 radical (unpaired) electrons. The highest BCUT2D eigenvalue weighted by Crippen LogP contribution is 2.28. The second-order valence-corrected chi connectivity index (χ2v) is 8.54. The first-order valence-electron chi connectivity index (χ1n) is 10.7. The summed E-state index contributed by atoms with van der Waals surface area (Å²) in [6.45, 7) is 10.0. The van der Waals surface area contributed by atoms with Crippen molar-refractivity contribution in [1.29, 1.82) is 0 Å². The summed E-state index contributed by atoms with van der Waals surface area (Å²) in [6.07, 6.45) is 3.45. The molecule has 1 atom stereocenters. The van der Waals surface area contributed by atoms with Gasteiger partial charge < -0.3 is 0 Å². The van der Waals surface area contributed by atoms with Crippen LogP contribution in [-0.4, -0.2) is 51.8 Å². The minimum absolute atomic E-state index is 0.599. The van der Waals surface area contributed by atoms with Gasteiger partial charge in [-0.3, -0.25) is 9.80 Å². The van der Waals surface area contributed by atoms with E-state index in [1.54, 1.807) is 0 Å². The maximum absolute atomic E-state index is 5.01. The Morgan fingerprint density at radius 2 is 1.79 bits per heavy atom. The van der Waals surface area contributed by atoms with Crippen LogP contribution in [0, 0.1) is 6.92 Å². The van der Waals surface area contributed by atoms with Gasteiger partial charge in [0.1, 0.15) is 0 Å². The van der Waals surface area contributed by atoms with Crippen LogP contribution in [0.3, 0.4) is 0 Å². The number of nitrogens with zero attached hydrogens (tertiary/aromatic N) is 4. The summed E-state index contributed by atoms with van der Waals surface area (Å²) >= 11 is 0. The van der Waals surface area contributed by atoms with E-state index in [1.165, 1.54) is 29.7 Å². The van der Waals surface area contributed by atoms with Crippen LogP contribution in [0.15, 0.2) is 60.8 Å². The van der Waals surface area contributed by atoms with Crippen molar-refractivity contribution in [2.24, 2.45) is 0 Å². The van der Waals surface area contributed by atoms with Crippen LogP contribution in [0.1, 0.15) is 31.4 Å². The van der Waals surface area contributed by atoms with Crippen LogP contribution in [0.2, 0.25) is 0 Å². The van der Waals surface area contributed by atoms with Gasteiger partial charge >= 0.3 is 0 Å². The van der Waals surface area contributed by atoms with E-state index in [2.05, 4.69) is 92.3 Å². The van der Waals surface area contributed by atoms with Crippen LogP contribution < -0.4 is 0 Å². The highest BCUT2D eigenvalue weighted by Gasteiger charge is 2.28. The third-order valence-electron chi connectivity index (χ3n) is 6.18. The second-order valence-electron chi connectivity index (χ2n) is 8.54. The molecule has 2 aromatic carbocycles. The second kappa shape index (κ2) is 8.52. The van der Waals surface area contributed by atoms with Gasteiger partial charge in [0.25, 0.3) is 0 Å². The zero-order chi connectivity index (χ0) is 20.4. The van der Waals surface area contributed by atoms with Crippen molar-refractivity contribution in [1.82, 2.24) is 19.6 Å². The predicted octanol–water partition coefficient (Wildman–Crippen LogP) is 4.76. The highest BCUT2D eigenvalue weighted by atomic mass is 15.3. The van der Waals surface area contributed by atoms with Gasteiger partial charge in [-0.15, -0.1) is 0 Å². The quantitative estimate of drug-likeness (QED) is 0.608. The molecule has 1 fully saturated rings. The lowest BCUT2D eigenvalue weighted by molar-refractivity contribution is 0.209. The normalized spacial score (nSPS) is 17.5. The number of hydrogen-bond acceptors (Lipinski definition) is 3. The molecular weight excluding hydrogens is 356 g/mol. The van der Waals surface area contributed by atoms with Gasteiger partial charge in [-0.1, -0.05) is 42.5 Å². The molecule has 1 saturated heterocycles. The van der Waals surface area contributed by atoms with E-state index in [-0.39, 0.29) is 0 Å². The van der Waals surface area contributed by atoms with Crippen molar-refractivity contribution < 1.29 is 0 Å². The number of likely N-dealkylation sites (tertiary alicyclic amines) is 1. The van der Waals surface area contributed by atoms with Crippen molar-refractivity contribution in [2.75, 3.05) is 20.1 Å². The molecule has 1 aromatic heterocycles. The Hall–Kier alpha value is -2.43. The lowest BCUT2D eigenvalue weighted by atomic mass is 10.0. The van der Waals surface area contributed by atoms with E-state index in [9.17, 15) is 0 Å². The smallest absolute Gasteiger partial charge is 0.0975 e. The van der Waals surface area contributed by atoms with Crippen LogP contribution in [-0.2, 0) is 6.54 Å². The molecule has 152 valence electrons. The number of hydrogen-bond donors (Lipinski definition) is 0. The summed E-state index contributed by atoms with van der Waals surface area (Å²) < 4.78 is 2.03. The Kier molecular flexibility index (Phi) is 5.84. The first kappa shape index (κ1) is 19.9. The van der Waals surface area contributed by atoms with Crippen molar-refractivity contribution >= 4 is 0 Å². The molecule has 3 aromatic rings. The number of likely N-dealkylation sites (N-methyl/N-ethyl adjacent to an activating group) is 1. The average Bonchev–Trinajstić information content (AvgIpc) is 3.37. The molecule has 0 bridgehead atoms. The number of aromatic nitrogens is 2. The summed E-state index contributed by atoms with van der Waals surface area (Å²) in [7, 11) is 2.26. The SMILES string of the molecule is Cc1ccccc1-c1nn(-c2ccccc2)cc1CN(C)C1CCN(C(C)C)C1. The first-order valence-corrected chi connectivity index (χ1v) is 10.7. The summed E-state index contributed by atoms with van der Waals surface area (Å²) in [4.78, 5) is 5.09. The van der Waals surface area contributed by atoms with Crippen LogP contribution in [0.4, 0.5) is 0 Å². The van der Waals surface area contributed by atoms with E-state index in [0.29, 0.717) is 12.1 Å². The minimum Gasteiger partial charge on any atom is -0.299 e. The van der Waals surface area contributed by atoms with Gasteiger partial charge in [0.2, 0.25) is 0 Å². The fourth-order valence-corrected chi connectivity index (χ4v) is 4.30. The third kappa shape index (κ3) is 4.29. The number of para-hydroxylation sites is 1. The monoisotopic (exact) mass is 388 g/mol. The molecule has 4 rings (SSSR count). The van der Waals surface area contributed by atoms with Gasteiger partial charge in [-0.2, -0.15) is 5.10 Å². The molecule has 29 heavy (non-hydrogen) atoms. The molecule has 4 nitrogen and oxygen atoms in total. The Bertz CT molecular complexity index is 944. The first-order chi connectivity index (χ1) is 14.0. The summed E-state index contributed by atoms with van der Waals surface area (Å²) in [5, 5.41) is 5.01. The topological polar surface area (TPSA) is 24.3 Å². The minimum atomic E-state index is 0.599. The molecular formula is C25H32N4. The Morgan fingerprint density at radius 3 is 2.48 bits per heavy atom. The van der Waals surface area contributed by atoms with Gasteiger partial charge in [0.05, 0.1) is 11.4 Å². The Balaban J connectivity index is 1.65. The van der Waals surface area contributed by atoms with Crippen molar-refractivity contribution in [3.8, 4) is 16.9 Å². The maximum atomic E-state index is 5.01. The molecule has 0 saturated carbocycles. The molecule has 0 spiro atoms. The lowest BCUT2D eigenvalue weighted by Gasteiger charge is -2.26. The van der Waals surface area contributed by atoms with Crippen LogP contribution in [0.5, 0.6) is 0 Å². The molecule has 0 N–H and O–H groups in total. The number of aryl methyl sites for hydroxylation is 1. The molecule has 1 aliphatic rings. The van der Waals surface area contributed by atoms with Gasteiger partial charge in [0, 0.05) is 49.0 Å². The van der Waals surface area contributed by atoms with Crippen LogP contribution in [0.25, 0.3) is 16.9 Å². The standard InChI is InChI=1S/C25H32N4/c1-19(2)28-15-14-23(18-28)27(4)16-21-17-29(22-11-6-5-7-12-22)26-25(21)24-13-9-8-10-20(24)3/h5-13,17,19,23H,14-16,18H2,1-4H3. The zero-order valence-electron chi connectivity index (χ0n) is 18.0.